The monoisotopic (exact) mass is 301 g/mol. The lowest BCUT2D eigenvalue weighted by atomic mass is 10.1. The number of aromatic nitrogens is 2. The van der Waals surface area contributed by atoms with Crippen LogP contribution in [0.3, 0.4) is 0 Å². The highest BCUT2D eigenvalue weighted by molar-refractivity contribution is 5.96. The first-order chi connectivity index (χ1) is 10.2. The number of para-hydroxylation sites is 1. The molecule has 0 aliphatic heterocycles. The molecule has 0 spiro atoms. The minimum atomic E-state index is -0.929. The quantitative estimate of drug-likeness (QED) is 0.943. The molecule has 22 heavy (non-hydrogen) atoms. The second-order valence-electron chi connectivity index (χ2n) is 6.27. The number of aryl methyl sites for hydroxylation is 1. The van der Waals surface area contributed by atoms with Crippen LogP contribution in [-0.2, 0) is 0 Å². The number of nitrogens with zero attached hydrogens (tertiary/aromatic N) is 3. The van der Waals surface area contributed by atoms with E-state index in [1.54, 1.807) is 25.6 Å². The van der Waals surface area contributed by atoms with Gasteiger partial charge in [0.15, 0.2) is 0 Å². The van der Waals surface area contributed by atoms with Crippen molar-refractivity contribution < 1.29 is 9.90 Å². The lowest BCUT2D eigenvalue weighted by Crippen LogP contribution is -2.40. The molecule has 0 fully saturated rings. The Balaban J connectivity index is 2.37. The summed E-state index contributed by atoms with van der Waals surface area (Å²) in [6.45, 7) is 7.35. The molecule has 1 heterocycles. The zero-order chi connectivity index (χ0) is 16.5. The van der Waals surface area contributed by atoms with Crippen LogP contribution in [0.25, 0.3) is 5.69 Å². The van der Waals surface area contributed by atoms with Crippen LogP contribution in [-0.4, -0.2) is 44.9 Å². The lowest BCUT2D eigenvalue weighted by Gasteiger charge is -2.25. The number of carbonyl (C=O) groups excluding carboxylic acids is 1. The summed E-state index contributed by atoms with van der Waals surface area (Å²) in [5.41, 5.74) is 2.08. The molecule has 5 nitrogen and oxygen atoms in total. The van der Waals surface area contributed by atoms with Gasteiger partial charge < -0.3 is 10.0 Å². The summed E-state index contributed by atoms with van der Waals surface area (Å²) in [4.78, 5) is 14.2. The number of amides is 1. The molecule has 2 aromatic rings. The van der Waals surface area contributed by atoms with Crippen molar-refractivity contribution in [2.24, 2.45) is 0 Å². The van der Waals surface area contributed by atoms with E-state index in [0.717, 1.165) is 11.4 Å². The number of hydrogen-bond donors (Lipinski definition) is 1. The Morgan fingerprint density at radius 1 is 1.27 bits per heavy atom. The van der Waals surface area contributed by atoms with Gasteiger partial charge >= 0.3 is 0 Å². The Morgan fingerprint density at radius 3 is 2.41 bits per heavy atom. The van der Waals surface area contributed by atoms with E-state index in [4.69, 9.17) is 0 Å². The van der Waals surface area contributed by atoms with Crippen molar-refractivity contribution in [1.82, 2.24) is 14.7 Å². The first-order valence-electron chi connectivity index (χ1n) is 7.30. The fourth-order valence-electron chi connectivity index (χ4n) is 2.62. The van der Waals surface area contributed by atoms with Crippen molar-refractivity contribution >= 4 is 5.91 Å². The van der Waals surface area contributed by atoms with Crippen LogP contribution in [0.1, 0.15) is 35.6 Å². The van der Waals surface area contributed by atoms with E-state index in [2.05, 4.69) is 5.10 Å². The summed E-state index contributed by atoms with van der Waals surface area (Å²) >= 11 is 0. The molecule has 0 saturated heterocycles. The molecule has 1 N–H and O–H groups in total. The molecule has 1 aromatic carbocycles. The standard InChI is InChI=1S/C17H23N3O2/c1-12-15(16(21)19(5)11-17(3,4)22)13(2)20(18-12)14-9-7-6-8-10-14/h6-10,22H,11H2,1-5H3. The average Bonchev–Trinajstić information content (AvgIpc) is 2.72. The smallest absolute Gasteiger partial charge is 0.257 e. The average molecular weight is 301 g/mol. The van der Waals surface area contributed by atoms with Crippen molar-refractivity contribution in [2.45, 2.75) is 33.3 Å². The topological polar surface area (TPSA) is 58.4 Å². The van der Waals surface area contributed by atoms with E-state index >= 15 is 0 Å². The van der Waals surface area contributed by atoms with E-state index < -0.39 is 5.60 Å². The normalized spacial score (nSPS) is 11.5. The fraction of sp³-hybridized carbons (Fsp3) is 0.412. The minimum absolute atomic E-state index is 0.126. The Hall–Kier alpha value is -2.14. The fourth-order valence-corrected chi connectivity index (χ4v) is 2.62. The van der Waals surface area contributed by atoms with Crippen LogP contribution < -0.4 is 0 Å². The van der Waals surface area contributed by atoms with Gasteiger partial charge in [-0.05, 0) is 39.8 Å². The molecule has 0 radical (unpaired) electrons. The molecule has 0 saturated carbocycles. The second kappa shape index (κ2) is 5.93. The van der Waals surface area contributed by atoms with E-state index in [1.807, 2.05) is 44.2 Å². The van der Waals surface area contributed by atoms with Crippen molar-refractivity contribution in [1.29, 1.82) is 0 Å². The SMILES string of the molecule is Cc1nn(-c2ccccc2)c(C)c1C(=O)N(C)CC(C)(C)O. The van der Waals surface area contributed by atoms with Gasteiger partial charge in [-0.15, -0.1) is 0 Å². The van der Waals surface area contributed by atoms with Crippen LogP contribution in [0, 0.1) is 13.8 Å². The molecule has 0 aliphatic carbocycles. The van der Waals surface area contributed by atoms with Gasteiger partial charge in [0.05, 0.1) is 28.2 Å². The van der Waals surface area contributed by atoms with Crippen molar-refractivity contribution in [3.8, 4) is 5.69 Å². The maximum Gasteiger partial charge on any atom is 0.257 e. The maximum atomic E-state index is 12.7. The molecule has 2 rings (SSSR count). The van der Waals surface area contributed by atoms with Crippen LogP contribution in [0.2, 0.25) is 0 Å². The number of hydrogen-bond acceptors (Lipinski definition) is 3. The van der Waals surface area contributed by atoms with E-state index in [-0.39, 0.29) is 12.5 Å². The number of benzene rings is 1. The molecular weight excluding hydrogens is 278 g/mol. The number of carbonyl (C=O) groups is 1. The van der Waals surface area contributed by atoms with E-state index in [1.165, 1.54) is 4.90 Å². The molecule has 0 unspecified atom stereocenters. The van der Waals surface area contributed by atoms with Crippen molar-refractivity contribution in [3.63, 3.8) is 0 Å². The van der Waals surface area contributed by atoms with E-state index in [9.17, 15) is 9.90 Å². The molecular formula is C17H23N3O2. The summed E-state index contributed by atoms with van der Waals surface area (Å²) in [6, 6.07) is 9.72. The molecule has 5 heteroatoms. The van der Waals surface area contributed by atoms with Crippen LogP contribution >= 0.6 is 0 Å². The summed E-state index contributed by atoms with van der Waals surface area (Å²) in [7, 11) is 1.69. The predicted molar refractivity (Wildman–Crippen MR) is 86.3 cm³/mol. The van der Waals surface area contributed by atoms with Crippen LogP contribution in [0.4, 0.5) is 0 Å². The molecule has 0 aliphatic rings. The third kappa shape index (κ3) is 3.36. The highest BCUT2D eigenvalue weighted by Gasteiger charge is 2.25. The third-order valence-corrected chi connectivity index (χ3v) is 3.48. The van der Waals surface area contributed by atoms with Gasteiger partial charge in [0.25, 0.3) is 5.91 Å². The summed E-state index contributed by atoms with van der Waals surface area (Å²) in [6.07, 6.45) is 0. The Bertz CT molecular complexity index is 669. The summed E-state index contributed by atoms with van der Waals surface area (Å²) in [5, 5.41) is 14.4. The largest absolute Gasteiger partial charge is 0.389 e. The molecule has 0 bridgehead atoms. The minimum Gasteiger partial charge on any atom is -0.389 e. The van der Waals surface area contributed by atoms with Gasteiger partial charge in [-0.2, -0.15) is 5.10 Å². The Kier molecular flexibility index (Phi) is 4.37. The van der Waals surface area contributed by atoms with Crippen LogP contribution in [0.15, 0.2) is 30.3 Å². The van der Waals surface area contributed by atoms with Gasteiger partial charge in [0.2, 0.25) is 0 Å². The Labute approximate surface area is 131 Å². The number of rotatable bonds is 4. The highest BCUT2D eigenvalue weighted by Crippen LogP contribution is 2.20. The van der Waals surface area contributed by atoms with Gasteiger partial charge in [0.1, 0.15) is 0 Å². The first-order valence-corrected chi connectivity index (χ1v) is 7.30. The summed E-state index contributed by atoms with van der Waals surface area (Å²) in [5.74, 6) is -0.126. The zero-order valence-electron chi connectivity index (χ0n) is 13.8. The third-order valence-electron chi connectivity index (χ3n) is 3.48. The van der Waals surface area contributed by atoms with Gasteiger partial charge in [0, 0.05) is 13.6 Å². The molecule has 0 atom stereocenters. The number of likely N-dealkylation sites (N-methyl/N-ethyl adjacent to an activating group) is 1. The zero-order valence-corrected chi connectivity index (χ0v) is 13.8. The number of aliphatic hydroxyl groups is 1. The lowest BCUT2D eigenvalue weighted by molar-refractivity contribution is 0.0367. The molecule has 118 valence electrons. The van der Waals surface area contributed by atoms with Crippen LogP contribution in [0.5, 0.6) is 0 Å². The van der Waals surface area contributed by atoms with Crippen molar-refractivity contribution in [3.05, 3.63) is 47.3 Å². The van der Waals surface area contributed by atoms with Crippen molar-refractivity contribution in [2.75, 3.05) is 13.6 Å². The summed E-state index contributed by atoms with van der Waals surface area (Å²) < 4.78 is 1.78. The Morgan fingerprint density at radius 2 is 1.86 bits per heavy atom. The predicted octanol–water partition coefficient (Wildman–Crippen LogP) is 2.33. The van der Waals surface area contributed by atoms with Gasteiger partial charge in [-0.1, -0.05) is 18.2 Å². The van der Waals surface area contributed by atoms with Gasteiger partial charge in [-0.25, -0.2) is 4.68 Å². The van der Waals surface area contributed by atoms with E-state index in [0.29, 0.717) is 11.3 Å². The first kappa shape index (κ1) is 16.2. The second-order valence-corrected chi connectivity index (χ2v) is 6.27. The molecule has 1 aromatic heterocycles. The maximum absolute atomic E-state index is 12.7. The van der Waals surface area contributed by atoms with Gasteiger partial charge in [-0.3, -0.25) is 4.79 Å². The molecule has 1 amide bonds. The highest BCUT2D eigenvalue weighted by atomic mass is 16.3.